The normalized spacial score (nSPS) is 16.4. The molecule has 3 rings (SSSR count). The van der Waals surface area contributed by atoms with Crippen molar-refractivity contribution in [2.45, 2.75) is 39.5 Å². The van der Waals surface area contributed by atoms with E-state index in [0.29, 0.717) is 12.2 Å². The van der Waals surface area contributed by atoms with Gasteiger partial charge in [-0.3, -0.25) is 4.79 Å². The van der Waals surface area contributed by atoms with Crippen molar-refractivity contribution in [2.75, 3.05) is 26.2 Å². The van der Waals surface area contributed by atoms with Crippen molar-refractivity contribution in [3.8, 4) is 0 Å². The van der Waals surface area contributed by atoms with Gasteiger partial charge in [-0.05, 0) is 45.8 Å². The van der Waals surface area contributed by atoms with Crippen molar-refractivity contribution in [3.63, 3.8) is 0 Å². The number of rotatable bonds is 4. The second-order valence-corrected chi connectivity index (χ2v) is 6.35. The second kappa shape index (κ2) is 7.08. The van der Waals surface area contributed by atoms with E-state index in [-0.39, 0.29) is 5.91 Å². The van der Waals surface area contributed by atoms with Crippen LogP contribution in [0.4, 0.5) is 0 Å². The Balaban J connectivity index is 1.58. The summed E-state index contributed by atoms with van der Waals surface area (Å²) in [5.74, 6) is -0.123. The smallest absolute Gasteiger partial charge is 0.271 e. The summed E-state index contributed by atoms with van der Waals surface area (Å²) in [6.07, 6.45) is 5.20. The van der Waals surface area contributed by atoms with Crippen LogP contribution in [0.15, 0.2) is 12.1 Å². The second-order valence-electron chi connectivity index (χ2n) is 6.35. The van der Waals surface area contributed by atoms with Crippen LogP contribution >= 0.6 is 0 Å². The zero-order valence-corrected chi connectivity index (χ0v) is 14.0. The summed E-state index contributed by atoms with van der Waals surface area (Å²) >= 11 is 0. The van der Waals surface area contributed by atoms with Crippen LogP contribution in [0.3, 0.4) is 0 Å². The van der Waals surface area contributed by atoms with Gasteiger partial charge in [-0.1, -0.05) is 12.8 Å². The maximum Gasteiger partial charge on any atom is 0.271 e. The average Bonchev–Trinajstić information content (AvgIpc) is 2.77. The molecule has 0 atom stereocenters. The number of hydrogen-bond acceptors (Lipinski definition) is 4. The number of aromatic nitrogens is 3. The molecule has 23 heavy (non-hydrogen) atoms. The van der Waals surface area contributed by atoms with Gasteiger partial charge in [-0.15, -0.1) is 0 Å². The fourth-order valence-electron chi connectivity index (χ4n) is 3.18. The number of nitrogens with one attached hydrogen (secondary N) is 1. The van der Waals surface area contributed by atoms with Gasteiger partial charge in [0.15, 0.2) is 11.3 Å². The highest BCUT2D eigenvalue weighted by Crippen LogP contribution is 2.10. The summed E-state index contributed by atoms with van der Waals surface area (Å²) < 4.78 is 1.72. The molecule has 0 bridgehead atoms. The lowest BCUT2D eigenvalue weighted by atomic mass is 10.2. The topological polar surface area (TPSA) is 62.5 Å². The van der Waals surface area contributed by atoms with Gasteiger partial charge < -0.3 is 10.2 Å². The molecule has 2 aromatic rings. The first-order chi connectivity index (χ1) is 11.1. The Morgan fingerprint density at radius 2 is 1.91 bits per heavy atom. The first kappa shape index (κ1) is 15.9. The Morgan fingerprint density at radius 3 is 2.65 bits per heavy atom. The summed E-state index contributed by atoms with van der Waals surface area (Å²) in [4.78, 5) is 19.1. The summed E-state index contributed by atoms with van der Waals surface area (Å²) in [6.45, 7) is 7.78. The van der Waals surface area contributed by atoms with E-state index in [1.165, 1.54) is 25.7 Å². The maximum absolute atomic E-state index is 12.3. The largest absolute Gasteiger partial charge is 0.349 e. The standard InChI is InChI=1S/C17H25N5O/c1-13-11-14(2)22-16(19-13)12-15(20-22)17(23)18-7-10-21-8-5-3-4-6-9-21/h11-12H,3-10H2,1-2H3,(H,18,23). The van der Waals surface area contributed by atoms with Gasteiger partial charge in [-0.2, -0.15) is 5.10 Å². The molecule has 1 N–H and O–H groups in total. The Bertz CT molecular complexity index is 686. The summed E-state index contributed by atoms with van der Waals surface area (Å²) in [7, 11) is 0. The van der Waals surface area contributed by atoms with E-state index in [1.807, 2.05) is 19.9 Å². The van der Waals surface area contributed by atoms with E-state index < -0.39 is 0 Å². The third kappa shape index (κ3) is 3.88. The Morgan fingerprint density at radius 1 is 1.17 bits per heavy atom. The third-order valence-corrected chi connectivity index (χ3v) is 4.38. The van der Waals surface area contributed by atoms with Gasteiger partial charge in [0.2, 0.25) is 0 Å². The van der Waals surface area contributed by atoms with Gasteiger partial charge in [0.25, 0.3) is 5.91 Å². The molecule has 0 aromatic carbocycles. The molecule has 0 radical (unpaired) electrons. The van der Waals surface area contributed by atoms with Gasteiger partial charge in [-0.25, -0.2) is 9.50 Å². The first-order valence-corrected chi connectivity index (χ1v) is 8.48. The molecular weight excluding hydrogens is 290 g/mol. The Labute approximate surface area is 136 Å². The van der Waals surface area contributed by atoms with Crippen LogP contribution in [-0.4, -0.2) is 51.6 Å². The monoisotopic (exact) mass is 315 g/mol. The third-order valence-electron chi connectivity index (χ3n) is 4.38. The fourth-order valence-corrected chi connectivity index (χ4v) is 3.18. The van der Waals surface area contributed by atoms with Crippen LogP contribution in [0.2, 0.25) is 0 Å². The van der Waals surface area contributed by atoms with Gasteiger partial charge in [0.05, 0.1) is 0 Å². The number of nitrogens with zero attached hydrogens (tertiary/aromatic N) is 4. The summed E-state index contributed by atoms with van der Waals surface area (Å²) in [5, 5.41) is 7.34. The van der Waals surface area contributed by atoms with Crippen molar-refractivity contribution >= 4 is 11.6 Å². The first-order valence-electron chi connectivity index (χ1n) is 8.48. The molecule has 0 aliphatic carbocycles. The van der Waals surface area contributed by atoms with Crippen LogP contribution in [-0.2, 0) is 0 Å². The van der Waals surface area contributed by atoms with Crippen molar-refractivity contribution in [1.82, 2.24) is 24.8 Å². The number of aryl methyl sites for hydroxylation is 2. The number of carbonyl (C=O) groups excluding carboxylic acids is 1. The van der Waals surface area contributed by atoms with Crippen molar-refractivity contribution in [2.24, 2.45) is 0 Å². The molecule has 0 saturated carbocycles. The van der Waals surface area contributed by atoms with Crippen LogP contribution in [0.25, 0.3) is 5.65 Å². The van der Waals surface area contributed by atoms with Crippen molar-refractivity contribution in [1.29, 1.82) is 0 Å². The predicted molar refractivity (Wildman–Crippen MR) is 89.7 cm³/mol. The van der Waals surface area contributed by atoms with E-state index in [4.69, 9.17) is 0 Å². The quantitative estimate of drug-likeness (QED) is 0.937. The Hall–Kier alpha value is -1.95. The minimum atomic E-state index is -0.123. The molecule has 3 heterocycles. The zero-order chi connectivity index (χ0) is 16.2. The van der Waals surface area contributed by atoms with Crippen molar-refractivity contribution in [3.05, 3.63) is 29.2 Å². The predicted octanol–water partition coefficient (Wildman–Crippen LogP) is 1.95. The molecule has 1 amide bonds. The minimum Gasteiger partial charge on any atom is -0.349 e. The molecule has 2 aromatic heterocycles. The van der Waals surface area contributed by atoms with Crippen LogP contribution in [0, 0.1) is 13.8 Å². The minimum absolute atomic E-state index is 0.123. The molecule has 0 unspecified atom stereocenters. The van der Waals surface area contributed by atoms with Crippen LogP contribution in [0.5, 0.6) is 0 Å². The Kier molecular flexibility index (Phi) is 4.91. The molecular formula is C17H25N5O. The van der Waals surface area contributed by atoms with E-state index in [0.717, 1.165) is 36.7 Å². The molecule has 1 aliphatic rings. The van der Waals surface area contributed by atoms with Crippen LogP contribution < -0.4 is 5.32 Å². The summed E-state index contributed by atoms with van der Waals surface area (Å²) in [5.41, 5.74) is 3.07. The summed E-state index contributed by atoms with van der Waals surface area (Å²) in [6, 6.07) is 3.71. The average molecular weight is 315 g/mol. The molecule has 124 valence electrons. The molecule has 6 nitrogen and oxygen atoms in total. The van der Waals surface area contributed by atoms with E-state index in [2.05, 4.69) is 20.3 Å². The van der Waals surface area contributed by atoms with E-state index in [9.17, 15) is 4.79 Å². The highest BCUT2D eigenvalue weighted by molar-refractivity contribution is 5.93. The zero-order valence-electron chi connectivity index (χ0n) is 14.0. The SMILES string of the molecule is Cc1cc(C)n2nc(C(=O)NCCN3CCCCCC3)cc2n1. The maximum atomic E-state index is 12.3. The lowest BCUT2D eigenvalue weighted by molar-refractivity contribution is 0.0943. The van der Waals surface area contributed by atoms with Gasteiger partial charge >= 0.3 is 0 Å². The van der Waals surface area contributed by atoms with E-state index >= 15 is 0 Å². The highest BCUT2D eigenvalue weighted by atomic mass is 16.1. The molecule has 1 saturated heterocycles. The molecule has 0 spiro atoms. The number of fused-ring (bicyclic) bond motifs is 1. The van der Waals surface area contributed by atoms with Crippen LogP contribution in [0.1, 0.15) is 47.6 Å². The number of amides is 1. The van der Waals surface area contributed by atoms with Gasteiger partial charge in [0.1, 0.15) is 0 Å². The number of carbonyl (C=O) groups is 1. The highest BCUT2D eigenvalue weighted by Gasteiger charge is 2.14. The van der Waals surface area contributed by atoms with Gasteiger partial charge in [0, 0.05) is 30.5 Å². The lowest BCUT2D eigenvalue weighted by Gasteiger charge is -2.19. The number of likely N-dealkylation sites (tertiary alicyclic amines) is 1. The molecule has 1 fully saturated rings. The van der Waals surface area contributed by atoms with E-state index in [1.54, 1.807) is 10.6 Å². The molecule has 1 aliphatic heterocycles. The molecule has 6 heteroatoms. The number of hydrogen-bond donors (Lipinski definition) is 1. The van der Waals surface area contributed by atoms with Crippen molar-refractivity contribution < 1.29 is 4.79 Å². The fraction of sp³-hybridized carbons (Fsp3) is 0.588. The lowest BCUT2D eigenvalue weighted by Crippen LogP contribution is -2.35.